The third-order valence-corrected chi connectivity index (χ3v) is 3.96. The van der Waals surface area contributed by atoms with Gasteiger partial charge in [-0.2, -0.15) is 0 Å². The summed E-state index contributed by atoms with van der Waals surface area (Å²) in [7, 11) is -4.04. The number of rotatable bonds is 0. The van der Waals surface area contributed by atoms with Gasteiger partial charge in [-0.1, -0.05) is 12.1 Å². The monoisotopic (exact) mass is 229 g/mol. The molecular weight excluding hydrogens is 221 g/mol. The van der Waals surface area contributed by atoms with Crippen LogP contribution in [0.1, 0.15) is 6.42 Å². The summed E-state index contributed by atoms with van der Waals surface area (Å²) >= 11 is 0. The summed E-state index contributed by atoms with van der Waals surface area (Å²) < 4.78 is 36.5. The number of nitrogens with one attached hydrogen (secondary N) is 1. The van der Waals surface area contributed by atoms with Crippen LogP contribution in [-0.2, 0) is 14.6 Å². The molecule has 1 heterocycles. The van der Waals surface area contributed by atoms with Gasteiger partial charge in [-0.05, 0) is 12.1 Å². The minimum atomic E-state index is -4.04. The molecule has 0 radical (unpaired) electrons. The lowest BCUT2D eigenvalue weighted by Gasteiger charge is -2.06. The Hall–Kier alpha value is -1.43. The Kier molecular flexibility index (Phi) is 2.22. The summed E-state index contributed by atoms with van der Waals surface area (Å²) in [5.41, 5.74) is -2.02. The Morgan fingerprint density at radius 1 is 1.33 bits per heavy atom. The van der Waals surface area contributed by atoms with Crippen molar-refractivity contribution in [1.82, 2.24) is 0 Å². The SMILES string of the molecule is O=C1CC(F)S(=O)(=O)c2ccccc2N1. The van der Waals surface area contributed by atoms with Crippen LogP contribution >= 0.6 is 0 Å². The number of benzene rings is 1. The molecule has 4 nitrogen and oxygen atoms in total. The Morgan fingerprint density at radius 2 is 2.00 bits per heavy atom. The van der Waals surface area contributed by atoms with E-state index in [4.69, 9.17) is 0 Å². The molecule has 6 heteroatoms. The van der Waals surface area contributed by atoms with Crippen LogP contribution in [0.2, 0.25) is 0 Å². The second kappa shape index (κ2) is 3.30. The van der Waals surface area contributed by atoms with E-state index in [1.54, 1.807) is 6.07 Å². The molecule has 0 saturated carbocycles. The van der Waals surface area contributed by atoms with Crippen molar-refractivity contribution in [2.75, 3.05) is 5.32 Å². The molecule has 0 spiro atoms. The van der Waals surface area contributed by atoms with Crippen molar-refractivity contribution >= 4 is 21.4 Å². The number of para-hydroxylation sites is 1. The Morgan fingerprint density at radius 3 is 2.73 bits per heavy atom. The molecule has 1 aliphatic rings. The lowest BCUT2D eigenvalue weighted by atomic mass is 10.3. The molecule has 1 atom stereocenters. The average molecular weight is 229 g/mol. The standard InChI is InChI=1S/C9H8FNO3S/c10-8-5-9(12)11-6-3-1-2-4-7(6)15(8,13)14/h1-4,8H,5H2,(H,11,12). The largest absolute Gasteiger partial charge is 0.325 e. The lowest BCUT2D eigenvalue weighted by Crippen LogP contribution is -2.18. The van der Waals surface area contributed by atoms with Crippen molar-refractivity contribution in [2.45, 2.75) is 16.8 Å². The molecule has 1 N–H and O–H groups in total. The fourth-order valence-corrected chi connectivity index (χ4v) is 2.75. The Labute approximate surface area is 86.0 Å². The summed E-state index contributed by atoms with van der Waals surface area (Å²) in [5.74, 6) is -0.629. The van der Waals surface area contributed by atoms with Gasteiger partial charge in [0, 0.05) is 0 Å². The highest BCUT2D eigenvalue weighted by atomic mass is 32.2. The van der Waals surface area contributed by atoms with Crippen LogP contribution in [0, 0.1) is 0 Å². The predicted octanol–water partition coefficient (Wildman–Crippen LogP) is 1.10. The van der Waals surface area contributed by atoms with E-state index in [-0.39, 0.29) is 10.6 Å². The van der Waals surface area contributed by atoms with Gasteiger partial charge in [0.05, 0.1) is 17.0 Å². The maximum atomic E-state index is 13.3. The molecule has 1 aromatic rings. The fraction of sp³-hybridized carbons (Fsp3) is 0.222. The van der Waals surface area contributed by atoms with Gasteiger partial charge in [-0.25, -0.2) is 12.8 Å². The van der Waals surface area contributed by atoms with Gasteiger partial charge in [0.1, 0.15) is 0 Å². The van der Waals surface area contributed by atoms with Crippen molar-refractivity contribution in [3.8, 4) is 0 Å². The number of sulfone groups is 1. The quantitative estimate of drug-likeness (QED) is 0.724. The number of halogens is 1. The van der Waals surface area contributed by atoms with Crippen LogP contribution in [0.15, 0.2) is 29.2 Å². The molecule has 0 fully saturated rings. The van der Waals surface area contributed by atoms with Gasteiger partial charge in [-0.15, -0.1) is 0 Å². The molecule has 15 heavy (non-hydrogen) atoms. The van der Waals surface area contributed by atoms with Crippen molar-refractivity contribution in [1.29, 1.82) is 0 Å². The van der Waals surface area contributed by atoms with E-state index in [0.717, 1.165) is 0 Å². The number of fused-ring (bicyclic) bond motifs is 1. The van der Waals surface area contributed by atoms with E-state index < -0.39 is 27.7 Å². The number of alkyl halides is 1. The van der Waals surface area contributed by atoms with Gasteiger partial charge >= 0.3 is 0 Å². The zero-order valence-corrected chi connectivity index (χ0v) is 8.42. The lowest BCUT2D eigenvalue weighted by molar-refractivity contribution is -0.116. The first-order chi connectivity index (χ1) is 7.01. The summed E-state index contributed by atoms with van der Waals surface area (Å²) in [5, 5.41) is 2.35. The maximum absolute atomic E-state index is 13.3. The molecule has 0 bridgehead atoms. The second-order valence-electron chi connectivity index (χ2n) is 3.20. The van der Waals surface area contributed by atoms with E-state index in [2.05, 4.69) is 5.32 Å². The summed E-state index contributed by atoms with van der Waals surface area (Å²) in [6.07, 6.45) is -0.656. The van der Waals surface area contributed by atoms with Crippen LogP contribution in [-0.4, -0.2) is 19.8 Å². The first-order valence-corrected chi connectivity index (χ1v) is 5.83. The highest BCUT2D eigenvalue weighted by molar-refractivity contribution is 7.92. The molecule has 0 aromatic heterocycles. The topological polar surface area (TPSA) is 63.2 Å². The molecule has 1 amide bonds. The third-order valence-electron chi connectivity index (χ3n) is 2.15. The van der Waals surface area contributed by atoms with Crippen molar-refractivity contribution < 1.29 is 17.6 Å². The van der Waals surface area contributed by atoms with Crippen molar-refractivity contribution in [3.63, 3.8) is 0 Å². The zero-order chi connectivity index (χ0) is 11.1. The van der Waals surface area contributed by atoms with Gasteiger partial charge in [0.25, 0.3) is 0 Å². The second-order valence-corrected chi connectivity index (χ2v) is 5.24. The first-order valence-electron chi connectivity index (χ1n) is 4.28. The first kappa shape index (κ1) is 10.1. The smallest absolute Gasteiger partial charge is 0.228 e. The van der Waals surface area contributed by atoms with E-state index in [0.29, 0.717) is 0 Å². The highest BCUT2D eigenvalue weighted by Crippen LogP contribution is 2.29. The number of anilines is 1. The fourth-order valence-electron chi connectivity index (χ4n) is 1.41. The number of carbonyl (C=O) groups is 1. The Balaban J connectivity index is 2.68. The molecule has 80 valence electrons. The minimum Gasteiger partial charge on any atom is -0.325 e. The molecule has 1 aliphatic heterocycles. The molecular formula is C9H8FNO3S. The molecule has 1 unspecified atom stereocenters. The summed E-state index contributed by atoms with van der Waals surface area (Å²) in [4.78, 5) is 11.0. The van der Waals surface area contributed by atoms with Gasteiger partial charge in [-0.3, -0.25) is 4.79 Å². The normalized spacial score (nSPS) is 23.8. The minimum absolute atomic E-state index is 0.141. The van der Waals surface area contributed by atoms with Crippen LogP contribution < -0.4 is 5.32 Å². The van der Waals surface area contributed by atoms with Gasteiger partial charge in [0.15, 0.2) is 0 Å². The third kappa shape index (κ3) is 1.61. The zero-order valence-electron chi connectivity index (χ0n) is 7.60. The van der Waals surface area contributed by atoms with Gasteiger partial charge in [0.2, 0.25) is 21.2 Å². The number of hydrogen-bond acceptors (Lipinski definition) is 3. The maximum Gasteiger partial charge on any atom is 0.228 e. The highest BCUT2D eigenvalue weighted by Gasteiger charge is 2.34. The number of amides is 1. The van der Waals surface area contributed by atoms with E-state index in [1.165, 1.54) is 18.2 Å². The molecule has 1 aromatic carbocycles. The van der Waals surface area contributed by atoms with E-state index in [9.17, 15) is 17.6 Å². The molecule has 0 aliphatic carbocycles. The van der Waals surface area contributed by atoms with Crippen LogP contribution in [0.4, 0.5) is 10.1 Å². The average Bonchev–Trinajstić information content (AvgIpc) is 2.24. The van der Waals surface area contributed by atoms with Crippen molar-refractivity contribution in [2.24, 2.45) is 0 Å². The van der Waals surface area contributed by atoms with E-state index >= 15 is 0 Å². The van der Waals surface area contributed by atoms with E-state index in [1.807, 2.05) is 0 Å². The predicted molar refractivity (Wildman–Crippen MR) is 51.8 cm³/mol. The number of carbonyl (C=O) groups excluding carboxylic acids is 1. The van der Waals surface area contributed by atoms with Crippen LogP contribution in [0.25, 0.3) is 0 Å². The van der Waals surface area contributed by atoms with Crippen LogP contribution in [0.3, 0.4) is 0 Å². The summed E-state index contributed by atoms with van der Waals surface area (Å²) in [6.45, 7) is 0. The molecule has 0 saturated heterocycles. The number of hydrogen-bond donors (Lipinski definition) is 1. The summed E-state index contributed by atoms with van der Waals surface area (Å²) in [6, 6.07) is 5.78. The van der Waals surface area contributed by atoms with Crippen molar-refractivity contribution in [3.05, 3.63) is 24.3 Å². The van der Waals surface area contributed by atoms with Gasteiger partial charge < -0.3 is 5.32 Å². The Bertz CT molecular complexity index is 512. The van der Waals surface area contributed by atoms with Crippen LogP contribution in [0.5, 0.6) is 0 Å². The molecule has 2 rings (SSSR count).